The monoisotopic (exact) mass is 446 g/mol. The van der Waals surface area contributed by atoms with Gasteiger partial charge in [0.25, 0.3) is 0 Å². The minimum absolute atomic E-state index is 0.331. The molecule has 0 bridgehead atoms. The van der Waals surface area contributed by atoms with Gasteiger partial charge < -0.3 is 0 Å². The van der Waals surface area contributed by atoms with Gasteiger partial charge in [-0.1, -0.05) is 49.7 Å². The molecule has 1 fully saturated rings. The molecule has 1 aromatic heterocycles. The van der Waals surface area contributed by atoms with Crippen molar-refractivity contribution in [1.82, 2.24) is 9.29 Å². The lowest BCUT2D eigenvalue weighted by Crippen LogP contribution is -2.42. The van der Waals surface area contributed by atoms with E-state index in [1.165, 1.54) is 11.3 Å². The van der Waals surface area contributed by atoms with Crippen LogP contribution in [0.3, 0.4) is 0 Å². The number of sulfonamides is 1. The molecule has 2 aromatic carbocycles. The Bertz CT molecular complexity index is 1100. The predicted molar refractivity (Wildman–Crippen MR) is 120 cm³/mol. The third-order valence-electron chi connectivity index (χ3n) is 5.20. The molecular formula is C22H23ClN2O2S2. The van der Waals surface area contributed by atoms with Gasteiger partial charge >= 0.3 is 0 Å². The van der Waals surface area contributed by atoms with Gasteiger partial charge in [0.2, 0.25) is 10.0 Å². The summed E-state index contributed by atoms with van der Waals surface area (Å²) in [6, 6.07) is 14.7. The quantitative estimate of drug-likeness (QED) is 0.509. The zero-order valence-corrected chi connectivity index (χ0v) is 18.8. The lowest BCUT2D eigenvalue weighted by molar-refractivity contribution is 0.222. The molecule has 2 atom stereocenters. The Labute approximate surface area is 181 Å². The molecule has 0 N–H and O–H groups in total. The lowest BCUT2D eigenvalue weighted by atomic mass is 9.94. The topological polar surface area (TPSA) is 50.3 Å². The molecule has 1 saturated heterocycles. The molecule has 2 unspecified atom stereocenters. The Balaban J connectivity index is 1.63. The lowest BCUT2D eigenvalue weighted by Gasteiger charge is -2.34. The minimum Gasteiger partial charge on any atom is -0.236 e. The summed E-state index contributed by atoms with van der Waals surface area (Å²) in [5.41, 5.74) is 2.57. The SMILES string of the molecule is CC1CC(C)CN(S(=O)(=O)c2cccc(-c3csc(-c4ccc(Cl)cc4)n3)c2)C1. The van der Waals surface area contributed by atoms with Crippen molar-refractivity contribution < 1.29 is 8.42 Å². The van der Waals surface area contributed by atoms with E-state index >= 15 is 0 Å². The molecule has 0 amide bonds. The number of hydrogen-bond donors (Lipinski definition) is 0. The third kappa shape index (κ3) is 4.40. The average molecular weight is 447 g/mol. The summed E-state index contributed by atoms with van der Waals surface area (Å²) in [4.78, 5) is 5.04. The summed E-state index contributed by atoms with van der Waals surface area (Å²) < 4.78 is 28.1. The van der Waals surface area contributed by atoms with E-state index in [-0.39, 0.29) is 0 Å². The van der Waals surface area contributed by atoms with Gasteiger partial charge in [0.1, 0.15) is 5.01 Å². The Hall–Kier alpha value is -1.73. The number of hydrogen-bond acceptors (Lipinski definition) is 4. The zero-order chi connectivity index (χ0) is 20.6. The van der Waals surface area contributed by atoms with Crippen molar-refractivity contribution in [2.24, 2.45) is 11.8 Å². The van der Waals surface area contributed by atoms with Gasteiger partial charge in [-0.3, -0.25) is 0 Å². The van der Waals surface area contributed by atoms with E-state index in [0.717, 1.165) is 28.2 Å². The van der Waals surface area contributed by atoms with Crippen LogP contribution >= 0.6 is 22.9 Å². The highest BCUT2D eigenvalue weighted by Crippen LogP contribution is 2.32. The van der Waals surface area contributed by atoms with E-state index in [4.69, 9.17) is 16.6 Å². The number of nitrogens with zero attached hydrogens (tertiary/aromatic N) is 2. The van der Waals surface area contributed by atoms with Crippen LogP contribution in [0.25, 0.3) is 21.8 Å². The Kier molecular flexibility index (Phi) is 5.80. The average Bonchev–Trinajstić information content (AvgIpc) is 3.18. The minimum atomic E-state index is -3.51. The van der Waals surface area contributed by atoms with Gasteiger partial charge in [-0.05, 0) is 42.5 Å². The van der Waals surface area contributed by atoms with E-state index in [2.05, 4.69) is 13.8 Å². The van der Waals surface area contributed by atoms with Crippen LogP contribution in [0.15, 0.2) is 58.8 Å². The van der Waals surface area contributed by atoms with Gasteiger partial charge in [0, 0.05) is 34.6 Å². The highest BCUT2D eigenvalue weighted by Gasteiger charge is 2.31. The van der Waals surface area contributed by atoms with Gasteiger partial charge in [0.15, 0.2) is 0 Å². The summed E-state index contributed by atoms with van der Waals surface area (Å²) >= 11 is 7.50. The molecule has 4 nitrogen and oxygen atoms in total. The van der Waals surface area contributed by atoms with Crippen LogP contribution < -0.4 is 0 Å². The second-order valence-electron chi connectivity index (χ2n) is 7.84. The molecule has 0 spiro atoms. The fraction of sp³-hybridized carbons (Fsp3) is 0.318. The van der Waals surface area contributed by atoms with Crippen LogP contribution in [0, 0.1) is 11.8 Å². The van der Waals surface area contributed by atoms with E-state index in [0.29, 0.717) is 34.8 Å². The summed E-state index contributed by atoms with van der Waals surface area (Å²) in [5, 5.41) is 3.52. The normalized spacial score (nSPS) is 20.7. The van der Waals surface area contributed by atoms with Crippen molar-refractivity contribution in [1.29, 1.82) is 0 Å². The smallest absolute Gasteiger partial charge is 0.236 e. The van der Waals surface area contributed by atoms with Crippen LogP contribution in [-0.2, 0) is 10.0 Å². The molecule has 0 radical (unpaired) electrons. The van der Waals surface area contributed by atoms with Crippen LogP contribution in [-0.4, -0.2) is 30.8 Å². The fourth-order valence-electron chi connectivity index (χ4n) is 3.90. The van der Waals surface area contributed by atoms with Crippen molar-refractivity contribution in [2.45, 2.75) is 25.2 Å². The van der Waals surface area contributed by atoms with Gasteiger partial charge in [-0.25, -0.2) is 13.4 Å². The first kappa shape index (κ1) is 20.5. The van der Waals surface area contributed by atoms with Crippen molar-refractivity contribution in [3.05, 3.63) is 58.9 Å². The molecular weight excluding hydrogens is 424 g/mol. The first-order valence-electron chi connectivity index (χ1n) is 9.65. The first-order valence-corrected chi connectivity index (χ1v) is 12.3. The Morgan fingerprint density at radius 2 is 1.72 bits per heavy atom. The van der Waals surface area contributed by atoms with Crippen LogP contribution in [0.2, 0.25) is 5.02 Å². The standard InChI is InChI=1S/C22H23ClN2O2S2/c1-15-10-16(2)13-25(12-15)29(26,27)20-5-3-4-18(11-20)21-14-28-22(24-21)17-6-8-19(23)9-7-17/h3-9,11,14-16H,10,12-13H2,1-2H3. The van der Waals surface area contributed by atoms with Crippen LogP contribution in [0.4, 0.5) is 0 Å². The van der Waals surface area contributed by atoms with Crippen LogP contribution in [0.5, 0.6) is 0 Å². The number of halogens is 1. The molecule has 4 rings (SSSR count). The molecule has 7 heteroatoms. The highest BCUT2D eigenvalue weighted by molar-refractivity contribution is 7.89. The first-order chi connectivity index (χ1) is 13.8. The van der Waals surface area contributed by atoms with Gasteiger partial charge in [-0.2, -0.15) is 4.31 Å². The summed E-state index contributed by atoms with van der Waals surface area (Å²) in [6.07, 6.45) is 1.07. The largest absolute Gasteiger partial charge is 0.243 e. The molecule has 152 valence electrons. The molecule has 0 saturated carbocycles. The second kappa shape index (κ2) is 8.19. The number of piperidine rings is 1. The summed E-state index contributed by atoms with van der Waals surface area (Å²) in [5.74, 6) is 0.745. The molecule has 2 heterocycles. The van der Waals surface area contributed by atoms with E-state index in [9.17, 15) is 8.42 Å². The van der Waals surface area contributed by atoms with Gasteiger partial charge in [-0.15, -0.1) is 11.3 Å². The predicted octanol–water partition coefficient (Wildman–Crippen LogP) is 5.80. The maximum Gasteiger partial charge on any atom is 0.243 e. The van der Waals surface area contributed by atoms with Gasteiger partial charge in [0.05, 0.1) is 10.6 Å². The summed E-state index contributed by atoms with van der Waals surface area (Å²) in [6.45, 7) is 5.38. The Morgan fingerprint density at radius 1 is 1.03 bits per heavy atom. The fourth-order valence-corrected chi connectivity index (χ4v) is 6.59. The maximum absolute atomic E-state index is 13.2. The molecule has 1 aliphatic heterocycles. The van der Waals surface area contributed by atoms with Crippen molar-refractivity contribution in [3.8, 4) is 21.8 Å². The molecule has 29 heavy (non-hydrogen) atoms. The highest BCUT2D eigenvalue weighted by atomic mass is 35.5. The third-order valence-corrected chi connectivity index (χ3v) is 8.17. The second-order valence-corrected chi connectivity index (χ2v) is 11.1. The molecule has 0 aliphatic carbocycles. The van der Waals surface area contributed by atoms with Crippen molar-refractivity contribution in [2.75, 3.05) is 13.1 Å². The van der Waals surface area contributed by atoms with Crippen molar-refractivity contribution >= 4 is 33.0 Å². The maximum atomic E-state index is 13.2. The van der Waals surface area contributed by atoms with E-state index in [1.54, 1.807) is 22.5 Å². The van der Waals surface area contributed by atoms with E-state index in [1.807, 2.05) is 35.7 Å². The number of rotatable bonds is 4. The Morgan fingerprint density at radius 3 is 2.41 bits per heavy atom. The molecule has 1 aliphatic rings. The molecule has 3 aromatic rings. The van der Waals surface area contributed by atoms with Crippen LogP contribution in [0.1, 0.15) is 20.3 Å². The number of aromatic nitrogens is 1. The van der Waals surface area contributed by atoms with E-state index < -0.39 is 10.0 Å². The zero-order valence-electron chi connectivity index (χ0n) is 16.4. The van der Waals surface area contributed by atoms with Crippen molar-refractivity contribution in [3.63, 3.8) is 0 Å². The number of thiazole rings is 1. The number of benzene rings is 2. The summed E-state index contributed by atoms with van der Waals surface area (Å²) in [7, 11) is -3.51.